The zero-order valence-electron chi connectivity index (χ0n) is 16.7. The van der Waals surface area contributed by atoms with Crippen molar-refractivity contribution in [2.24, 2.45) is 0 Å². The summed E-state index contributed by atoms with van der Waals surface area (Å²) in [6.07, 6.45) is -0.359. The third-order valence-corrected chi connectivity index (χ3v) is 6.20. The molecule has 2 amide bonds. The topological polar surface area (TPSA) is 130 Å². The van der Waals surface area contributed by atoms with Crippen molar-refractivity contribution >= 4 is 27.6 Å². The Balaban J connectivity index is 2.09. The fourth-order valence-electron chi connectivity index (χ4n) is 2.86. The van der Waals surface area contributed by atoms with Gasteiger partial charge in [-0.05, 0) is 36.2 Å². The fourth-order valence-corrected chi connectivity index (χ4v) is 4.21. The molecule has 0 aliphatic rings. The SMILES string of the molecule is CC(=O)N[C@H](Cc1ccc(F)cc1)C(=O)N[C@@H](CCS(=O)(=O)c1ccccc1)C(=O)O. The van der Waals surface area contributed by atoms with Crippen molar-refractivity contribution < 1.29 is 32.3 Å². The molecule has 2 rings (SSSR count). The number of carbonyl (C=O) groups is 3. The third kappa shape index (κ3) is 7.49. The number of nitrogens with one attached hydrogen (secondary N) is 2. The quantitative estimate of drug-likeness (QED) is 0.500. The first kappa shape index (κ1) is 24.0. The molecule has 2 aromatic carbocycles. The Morgan fingerprint density at radius 3 is 2.13 bits per heavy atom. The first-order chi connectivity index (χ1) is 14.6. The maximum atomic E-state index is 13.1. The van der Waals surface area contributed by atoms with Gasteiger partial charge in [0.25, 0.3) is 0 Å². The van der Waals surface area contributed by atoms with E-state index in [0.29, 0.717) is 5.56 Å². The van der Waals surface area contributed by atoms with E-state index in [1.165, 1.54) is 43.3 Å². The van der Waals surface area contributed by atoms with E-state index in [9.17, 15) is 32.3 Å². The molecular weight excluding hydrogens is 427 g/mol. The van der Waals surface area contributed by atoms with Crippen LogP contribution in [0, 0.1) is 5.82 Å². The van der Waals surface area contributed by atoms with Crippen molar-refractivity contribution in [1.82, 2.24) is 10.6 Å². The van der Waals surface area contributed by atoms with E-state index in [2.05, 4.69) is 10.6 Å². The molecule has 166 valence electrons. The molecule has 0 aromatic heterocycles. The second-order valence-corrected chi connectivity index (χ2v) is 9.01. The molecule has 31 heavy (non-hydrogen) atoms. The minimum Gasteiger partial charge on any atom is -0.480 e. The fraction of sp³-hybridized carbons (Fsp3) is 0.286. The van der Waals surface area contributed by atoms with E-state index in [1.807, 2.05) is 0 Å². The van der Waals surface area contributed by atoms with Gasteiger partial charge in [-0.25, -0.2) is 17.6 Å². The molecule has 0 spiro atoms. The second kappa shape index (κ2) is 10.7. The van der Waals surface area contributed by atoms with E-state index >= 15 is 0 Å². The van der Waals surface area contributed by atoms with Crippen molar-refractivity contribution in [2.75, 3.05) is 5.75 Å². The monoisotopic (exact) mass is 450 g/mol. The van der Waals surface area contributed by atoms with Crippen LogP contribution in [0.5, 0.6) is 0 Å². The summed E-state index contributed by atoms with van der Waals surface area (Å²) in [5.74, 6) is -3.66. The van der Waals surface area contributed by atoms with Crippen LogP contribution < -0.4 is 10.6 Å². The van der Waals surface area contributed by atoms with Crippen LogP contribution in [0.25, 0.3) is 0 Å². The number of aliphatic carboxylic acids is 1. The van der Waals surface area contributed by atoms with Crippen molar-refractivity contribution in [3.63, 3.8) is 0 Å². The minimum absolute atomic E-state index is 0.000344. The lowest BCUT2D eigenvalue weighted by Gasteiger charge is -2.21. The standard InChI is InChI=1S/C21H23FN2O6S/c1-14(25)23-19(13-15-7-9-16(22)10-8-15)20(26)24-18(21(27)28)11-12-31(29,30)17-5-3-2-4-6-17/h2-10,18-19H,11-13H2,1H3,(H,23,25)(H,24,26)(H,27,28)/t18-,19+/m0/s1. The number of carboxylic acids is 1. The maximum absolute atomic E-state index is 13.1. The second-order valence-electron chi connectivity index (χ2n) is 6.90. The van der Waals surface area contributed by atoms with Crippen molar-refractivity contribution in [3.8, 4) is 0 Å². The van der Waals surface area contributed by atoms with Gasteiger partial charge in [-0.1, -0.05) is 30.3 Å². The Hall–Kier alpha value is -3.27. The number of carboxylic acid groups (broad SMARTS) is 1. The van der Waals surface area contributed by atoms with Gasteiger partial charge in [0.05, 0.1) is 10.6 Å². The number of sulfone groups is 1. The Bertz CT molecular complexity index is 1030. The van der Waals surface area contributed by atoms with Crippen LogP contribution in [0.15, 0.2) is 59.5 Å². The normalized spacial score (nSPS) is 13.1. The summed E-state index contributed by atoms with van der Waals surface area (Å²) in [6, 6.07) is 10.3. The smallest absolute Gasteiger partial charge is 0.326 e. The summed E-state index contributed by atoms with van der Waals surface area (Å²) in [4.78, 5) is 35.8. The lowest BCUT2D eigenvalue weighted by atomic mass is 10.0. The molecule has 0 radical (unpaired) electrons. The minimum atomic E-state index is -3.74. The first-order valence-electron chi connectivity index (χ1n) is 9.41. The van der Waals surface area contributed by atoms with Crippen LogP contribution in [-0.4, -0.2) is 49.1 Å². The zero-order chi connectivity index (χ0) is 23.0. The van der Waals surface area contributed by atoms with Crippen molar-refractivity contribution in [2.45, 2.75) is 36.7 Å². The molecule has 0 aliphatic heterocycles. The van der Waals surface area contributed by atoms with Crippen LogP contribution in [-0.2, 0) is 30.6 Å². The maximum Gasteiger partial charge on any atom is 0.326 e. The molecule has 0 bridgehead atoms. The Kier molecular flexibility index (Phi) is 8.26. The molecule has 0 unspecified atom stereocenters. The Labute approximate surface area is 179 Å². The highest BCUT2D eigenvalue weighted by Crippen LogP contribution is 2.13. The highest BCUT2D eigenvalue weighted by molar-refractivity contribution is 7.91. The van der Waals surface area contributed by atoms with Crippen LogP contribution in [0.2, 0.25) is 0 Å². The first-order valence-corrected chi connectivity index (χ1v) is 11.1. The predicted octanol–water partition coefficient (Wildman–Crippen LogP) is 1.31. The molecule has 0 saturated carbocycles. The third-order valence-electron chi connectivity index (χ3n) is 4.44. The number of rotatable bonds is 10. The van der Waals surface area contributed by atoms with E-state index in [-0.39, 0.29) is 17.7 Å². The molecule has 0 fully saturated rings. The van der Waals surface area contributed by atoms with Gasteiger partial charge in [0, 0.05) is 13.3 Å². The van der Waals surface area contributed by atoms with E-state index in [0.717, 1.165) is 0 Å². The van der Waals surface area contributed by atoms with Gasteiger partial charge >= 0.3 is 5.97 Å². The van der Waals surface area contributed by atoms with E-state index < -0.39 is 51.3 Å². The van der Waals surface area contributed by atoms with Gasteiger partial charge in [0.2, 0.25) is 11.8 Å². The summed E-state index contributed by atoms with van der Waals surface area (Å²) in [6.45, 7) is 1.20. The Morgan fingerprint density at radius 2 is 1.58 bits per heavy atom. The number of halogens is 1. The van der Waals surface area contributed by atoms with Gasteiger partial charge < -0.3 is 15.7 Å². The lowest BCUT2D eigenvalue weighted by molar-refractivity contribution is -0.142. The highest BCUT2D eigenvalue weighted by Gasteiger charge is 2.28. The summed E-state index contributed by atoms with van der Waals surface area (Å²) >= 11 is 0. The van der Waals surface area contributed by atoms with E-state index in [4.69, 9.17) is 0 Å². The number of hydrogen-bond donors (Lipinski definition) is 3. The largest absolute Gasteiger partial charge is 0.480 e. The average molecular weight is 450 g/mol. The van der Waals surface area contributed by atoms with Gasteiger partial charge in [-0.3, -0.25) is 9.59 Å². The molecule has 0 saturated heterocycles. The molecule has 2 aromatic rings. The molecule has 10 heteroatoms. The van der Waals surface area contributed by atoms with Gasteiger partial charge in [0.1, 0.15) is 17.9 Å². The number of benzene rings is 2. The average Bonchev–Trinajstić information content (AvgIpc) is 2.72. The van der Waals surface area contributed by atoms with Crippen molar-refractivity contribution in [3.05, 3.63) is 66.0 Å². The lowest BCUT2D eigenvalue weighted by Crippen LogP contribution is -2.52. The van der Waals surface area contributed by atoms with Gasteiger partial charge in [0.15, 0.2) is 9.84 Å². The molecule has 0 heterocycles. The van der Waals surface area contributed by atoms with Crippen molar-refractivity contribution in [1.29, 1.82) is 0 Å². The number of hydrogen-bond acceptors (Lipinski definition) is 5. The predicted molar refractivity (Wildman–Crippen MR) is 110 cm³/mol. The van der Waals surface area contributed by atoms with Crippen LogP contribution >= 0.6 is 0 Å². The number of amides is 2. The Morgan fingerprint density at radius 1 is 0.968 bits per heavy atom. The van der Waals surface area contributed by atoms with Gasteiger partial charge in [-0.15, -0.1) is 0 Å². The van der Waals surface area contributed by atoms with Crippen LogP contribution in [0.1, 0.15) is 18.9 Å². The molecular formula is C21H23FN2O6S. The van der Waals surface area contributed by atoms with E-state index in [1.54, 1.807) is 18.2 Å². The number of carbonyl (C=O) groups excluding carboxylic acids is 2. The molecule has 0 aliphatic carbocycles. The zero-order valence-corrected chi connectivity index (χ0v) is 17.6. The summed E-state index contributed by atoms with van der Waals surface area (Å²) in [7, 11) is -3.74. The molecule has 2 atom stereocenters. The summed E-state index contributed by atoms with van der Waals surface area (Å²) in [5.41, 5.74) is 0.550. The summed E-state index contributed by atoms with van der Waals surface area (Å²) < 4.78 is 37.9. The van der Waals surface area contributed by atoms with Crippen LogP contribution in [0.3, 0.4) is 0 Å². The molecule has 8 nitrogen and oxygen atoms in total. The highest BCUT2D eigenvalue weighted by atomic mass is 32.2. The summed E-state index contributed by atoms with van der Waals surface area (Å²) in [5, 5.41) is 14.2. The van der Waals surface area contributed by atoms with Crippen LogP contribution in [0.4, 0.5) is 4.39 Å². The molecule has 3 N–H and O–H groups in total. The van der Waals surface area contributed by atoms with Gasteiger partial charge in [-0.2, -0.15) is 0 Å².